The maximum atomic E-state index is 13.0. The van der Waals surface area contributed by atoms with Crippen LogP contribution >= 0.6 is 0 Å². The van der Waals surface area contributed by atoms with Crippen LogP contribution in [0.15, 0.2) is 30.6 Å². The number of imidazole rings is 1. The maximum absolute atomic E-state index is 13.0. The van der Waals surface area contributed by atoms with Crippen LogP contribution in [0.5, 0.6) is 0 Å². The van der Waals surface area contributed by atoms with E-state index in [0.29, 0.717) is 5.56 Å². The average molecular weight is 270 g/mol. The first kappa shape index (κ1) is 13.1. The fraction of sp³-hybridized carbons (Fsp3) is 0.167. The van der Waals surface area contributed by atoms with E-state index in [-0.39, 0.29) is 5.69 Å². The number of benzene rings is 1. The van der Waals surface area contributed by atoms with Gasteiger partial charge in [-0.05, 0) is 18.6 Å². The van der Waals surface area contributed by atoms with Gasteiger partial charge >= 0.3 is 12.1 Å². The SMILES string of the molecule is Cc1ccccc1-n1cnc(C(=O)O)c1C(F)(F)F. The van der Waals surface area contributed by atoms with Gasteiger partial charge in [-0.2, -0.15) is 13.2 Å². The molecular formula is C12H9F3N2O2. The van der Waals surface area contributed by atoms with Crippen LogP contribution in [-0.4, -0.2) is 20.6 Å². The fourth-order valence-corrected chi connectivity index (χ4v) is 1.79. The Bertz CT molecular complexity index is 632. The third-order valence-corrected chi connectivity index (χ3v) is 2.61. The number of para-hydroxylation sites is 1. The van der Waals surface area contributed by atoms with Gasteiger partial charge in [-0.15, -0.1) is 0 Å². The van der Waals surface area contributed by atoms with Crippen LogP contribution in [0.2, 0.25) is 0 Å². The van der Waals surface area contributed by atoms with E-state index in [0.717, 1.165) is 10.9 Å². The molecule has 0 spiro atoms. The van der Waals surface area contributed by atoms with E-state index in [9.17, 15) is 18.0 Å². The lowest BCUT2D eigenvalue weighted by Crippen LogP contribution is -2.17. The molecule has 0 radical (unpaired) electrons. The van der Waals surface area contributed by atoms with Crippen molar-refractivity contribution < 1.29 is 23.1 Å². The Hall–Kier alpha value is -2.31. The molecule has 1 aromatic carbocycles. The number of hydrogen-bond acceptors (Lipinski definition) is 2. The average Bonchev–Trinajstić information content (AvgIpc) is 2.73. The number of alkyl halides is 3. The minimum atomic E-state index is -4.80. The molecule has 0 aliphatic heterocycles. The van der Waals surface area contributed by atoms with Crippen molar-refractivity contribution >= 4 is 5.97 Å². The van der Waals surface area contributed by atoms with Gasteiger partial charge in [-0.1, -0.05) is 18.2 Å². The Kier molecular flexibility index (Phi) is 3.05. The molecule has 0 saturated carbocycles. The van der Waals surface area contributed by atoms with Gasteiger partial charge in [-0.25, -0.2) is 9.78 Å². The lowest BCUT2D eigenvalue weighted by molar-refractivity contribution is -0.142. The number of rotatable bonds is 2. The van der Waals surface area contributed by atoms with Crippen molar-refractivity contribution in [3.8, 4) is 5.69 Å². The molecule has 19 heavy (non-hydrogen) atoms. The number of hydrogen-bond donors (Lipinski definition) is 1. The second kappa shape index (κ2) is 4.42. The van der Waals surface area contributed by atoms with E-state index in [1.165, 1.54) is 6.07 Å². The predicted octanol–water partition coefficient (Wildman–Crippen LogP) is 2.90. The zero-order chi connectivity index (χ0) is 14.2. The smallest absolute Gasteiger partial charge is 0.434 e. The summed E-state index contributed by atoms with van der Waals surface area (Å²) in [6, 6.07) is 6.36. The number of carboxylic acids is 1. The highest BCUT2D eigenvalue weighted by Gasteiger charge is 2.40. The molecule has 100 valence electrons. The molecule has 0 fully saturated rings. The first-order valence-electron chi connectivity index (χ1n) is 5.26. The van der Waals surface area contributed by atoms with Crippen LogP contribution in [0.3, 0.4) is 0 Å². The molecule has 0 atom stereocenters. The minimum Gasteiger partial charge on any atom is -0.476 e. The monoisotopic (exact) mass is 270 g/mol. The number of aryl methyl sites for hydroxylation is 1. The second-order valence-electron chi connectivity index (χ2n) is 3.90. The highest BCUT2D eigenvalue weighted by atomic mass is 19.4. The largest absolute Gasteiger partial charge is 0.476 e. The zero-order valence-corrected chi connectivity index (χ0v) is 9.77. The molecule has 2 aromatic rings. The number of carbonyl (C=O) groups is 1. The van der Waals surface area contributed by atoms with Crippen molar-refractivity contribution in [3.63, 3.8) is 0 Å². The van der Waals surface area contributed by atoms with Crippen LogP contribution in [0.25, 0.3) is 5.69 Å². The highest BCUT2D eigenvalue weighted by molar-refractivity contribution is 5.87. The Morgan fingerprint density at radius 3 is 2.47 bits per heavy atom. The highest BCUT2D eigenvalue weighted by Crippen LogP contribution is 2.34. The van der Waals surface area contributed by atoms with Crippen LogP contribution in [0, 0.1) is 6.92 Å². The molecule has 1 heterocycles. The van der Waals surface area contributed by atoms with Crippen molar-refractivity contribution in [3.05, 3.63) is 47.5 Å². The van der Waals surface area contributed by atoms with Crippen LogP contribution in [0.1, 0.15) is 21.7 Å². The van der Waals surface area contributed by atoms with Gasteiger partial charge in [0.2, 0.25) is 0 Å². The van der Waals surface area contributed by atoms with E-state index < -0.39 is 23.5 Å². The number of nitrogens with zero attached hydrogens (tertiary/aromatic N) is 2. The summed E-state index contributed by atoms with van der Waals surface area (Å²) in [5, 5.41) is 8.78. The molecule has 0 aliphatic carbocycles. The lowest BCUT2D eigenvalue weighted by Gasteiger charge is -2.13. The van der Waals surface area contributed by atoms with E-state index >= 15 is 0 Å². The standard InChI is InChI=1S/C12H9F3N2O2/c1-7-4-2-3-5-8(7)17-6-16-9(11(18)19)10(17)12(13,14)15/h2-6H,1H3,(H,18,19). The third kappa shape index (κ3) is 2.31. The number of carboxylic acid groups (broad SMARTS) is 1. The van der Waals surface area contributed by atoms with Crippen LogP contribution in [-0.2, 0) is 6.18 Å². The van der Waals surface area contributed by atoms with Gasteiger partial charge in [0.25, 0.3) is 0 Å². The summed E-state index contributed by atoms with van der Waals surface area (Å²) in [6.07, 6.45) is -3.93. The Morgan fingerprint density at radius 2 is 1.95 bits per heavy atom. The van der Waals surface area contributed by atoms with E-state index in [1.807, 2.05) is 0 Å². The molecule has 0 unspecified atom stereocenters. The molecular weight excluding hydrogens is 261 g/mol. The van der Waals surface area contributed by atoms with Crippen LogP contribution < -0.4 is 0 Å². The molecule has 1 N–H and O–H groups in total. The molecule has 2 rings (SSSR count). The lowest BCUT2D eigenvalue weighted by atomic mass is 10.2. The van der Waals surface area contributed by atoms with E-state index in [2.05, 4.69) is 4.98 Å². The molecule has 1 aromatic heterocycles. The van der Waals surface area contributed by atoms with Crippen molar-refractivity contribution in [1.29, 1.82) is 0 Å². The summed E-state index contributed by atoms with van der Waals surface area (Å²) in [5.74, 6) is -1.71. The molecule has 0 amide bonds. The third-order valence-electron chi connectivity index (χ3n) is 2.61. The Labute approximate surface area is 106 Å². The van der Waals surface area contributed by atoms with Gasteiger partial charge in [0.05, 0.1) is 5.69 Å². The van der Waals surface area contributed by atoms with Gasteiger partial charge < -0.3 is 5.11 Å². The summed E-state index contributed by atoms with van der Waals surface area (Å²) < 4.78 is 39.7. The van der Waals surface area contributed by atoms with E-state index in [1.54, 1.807) is 25.1 Å². The quantitative estimate of drug-likeness (QED) is 0.912. The number of aromatic carboxylic acids is 1. The molecule has 4 nitrogen and oxygen atoms in total. The van der Waals surface area contributed by atoms with Crippen molar-refractivity contribution in [2.75, 3.05) is 0 Å². The molecule has 0 saturated heterocycles. The molecule has 0 aliphatic rings. The summed E-state index contributed by atoms with van der Waals surface area (Å²) in [6.45, 7) is 1.63. The van der Waals surface area contributed by atoms with Crippen LogP contribution in [0.4, 0.5) is 13.2 Å². The second-order valence-corrected chi connectivity index (χ2v) is 3.90. The van der Waals surface area contributed by atoms with Gasteiger partial charge in [0.15, 0.2) is 11.4 Å². The fourth-order valence-electron chi connectivity index (χ4n) is 1.79. The van der Waals surface area contributed by atoms with E-state index in [4.69, 9.17) is 5.11 Å². The topological polar surface area (TPSA) is 55.1 Å². The van der Waals surface area contributed by atoms with Gasteiger partial charge in [0, 0.05) is 0 Å². The van der Waals surface area contributed by atoms with Gasteiger partial charge in [0.1, 0.15) is 6.33 Å². The summed E-state index contributed by atoms with van der Waals surface area (Å²) >= 11 is 0. The summed E-state index contributed by atoms with van der Waals surface area (Å²) in [7, 11) is 0. The Morgan fingerprint density at radius 1 is 1.32 bits per heavy atom. The van der Waals surface area contributed by atoms with Crippen molar-refractivity contribution in [2.45, 2.75) is 13.1 Å². The zero-order valence-electron chi connectivity index (χ0n) is 9.77. The predicted molar refractivity (Wildman–Crippen MR) is 60.3 cm³/mol. The minimum absolute atomic E-state index is 0.245. The first-order valence-corrected chi connectivity index (χ1v) is 5.26. The first-order chi connectivity index (χ1) is 8.82. The van der Waals surface area contributed by atoms with Crippen molar-refractivity contribution in [2.24, 2.45) is 0 Å². The Balaban J connectivity index is 2.73. The van der Waals surface area contributed by atoms with Crippen molar-refractivity contribution in [1.82, 2.24) is 9.55 Å². The number of halogens is 3. The molecule has 7 heteroatoms. The molecule has 0 bridgehead atoms. The number of aromatic nitrogens is 2. The van der Waals surface area contributed by atoms with Gasteiger partial charge in [-0.3, -0.25) is 4.57 Å². The maximum Gasteiger partial charge on any atom is 0.434 e. The summed E-state index contributed by atoms with van der Waals surface area (Å²) in [5.41, 5.74) is -1.46. The normalized spacial score (nSPS) is 11.6. The summed E-state index contributed by atoms with van der Waals surface area (Å²) in [4.78, 5) is 14.2.